The average Bonchev–Trinajstić information content (AvgIpc) is 2.39. The maximum absolute atomic E-state index is 6.06. The molecule has 1 aromatic rings. The van der Waals surface area contributed by atoms with Crippen molar-refractivity contribution >= 4 is 5.82 Å². The standard InChI is InChI=1S/C15H24N2O/c1-3-16-15-10-13(8-9-17-15)11-18-14-7-5-4-6-12(14)2/h8-10,12,14H,3-7,11H2,1-2H3,(H,16,17). The highest BCUT2D eigenvalue weighted by Gasteiger charge is 2.21. The zero-order chi connectivity index (χ0) is 12.8. The van der Waals surface area contributed by atoms with Crippen LogP contribution in [0.5, 0.6) is 0 Å². The molecule has 2 atom stereocenters. The molecule has 0 aliphatic heterocycles. The lowest BCUT2D eigenvalue weighted by Crippen LogP contribution is -2.25. The first-order chi connectivity index (χ1) is 8.79. The van der Waals surface area contributed by atoms with E-state index >= 15 is 0 Å². The topological polar surface area (TPSA) is 34.1 Å². The largest absolute Gasteiger partial charge is 0.373 e. The Morgan fingerprint density at radius 1 is 1.39 bits per heavy atom. The summed E-state index contributed by atoms with van der Waals surface area (Å²) >= 11 is 0. The highest BCUT2D eigenvalue weighted by atomic mass is 16.5. The molecule has 18 heavy (non-hydrogen) atoms. The molecule has 0 amide bonds. The van der Waals surface area contributed by atoms with E-state index in [1.807, 2.05) is 12.3 Å². The van der Waals surface area contributed by atoms with Gasteiger partial charge in [-0.3, -0.25) is 0 Å². The molecule has 1 aliphatic rings. The molecule has 0 radical (unpaired) electrons. The summed E-state index contributed by atoms with van der Waals surface area (Å²) < 4.78 is 6.06. The molecule has 1 aromatic heterocycles. The SMILES string of the molecule is CCNc1cc(COC2CCCCC2C)ccn1. The number of ether oxygens (including phenoxy) is 1. The number of nitrogens with zero attached hydrogens (tertiary/aromatic N) is 1. The number of anilines is 1. The average molecular weight is 248 g/mol. The van der Waals surface area contributed by atoms with Gasteiger partial charge in [0.05, 0.1) is 12.7 Å². The number of hydrogen-bond donors (Lipinski definition) is 1. The van der Waals surface area contributed by atoms with Crippen LogP contribution in [0.25, 0.3) is 0 Å². The fourth-order valence-electron chi connectivity index (χ4n) is 2.57. The van der Waals surface area contributed by atoms with Crippen LogP contribution in [0.2, 0.25) is 0 Å². The van der Waals surface area contributed by atoms with Gasteiger partial charge in [-0.05, 0) is 43.4 Å². The van der Waals surface area contributed by atoms with Gasteiger partial charge in [0.1, 0.15) is 5.82 Å². The molecule has 100 valence electrons. The maximum Gasteiger partial charge on any atom is 0.126 e. The fraction of sp³-hybridized carbons (Fsp3) is 0.667. The monoisotopic (exact) mass is 248 g/mol. The van der Waals surface area contributed by atoms with Gasteiger partial charge in [-0.2, -0.15) is 0 Å². The third-order valence-electron chi connectivity index (χ3n) is 3.68. The lowest BCUT2D eigenvalue weighted by molar-refractivity contribution is -0.0154. The number of nitrogens with one attached hydrogen (secondary N) is 1. The lowest BCUT2D eigenvalue weighted by Gasteiger charge is -2.28. The minimum Gasteiger partial charge on any atom is -0.373 e. The van der Waals surface area contributed by atoms with Gasteiger partial charge < -0.3 is 10.1 Å². The lowest BCUT2D eigenvalue weighted by atomic mass is 9.88. The molecule has 1 fully saturated rings. The normalized spacial score (nSPS) is 23.9. The first kappa shape index (κ1) is 13.3. The number of hydrogen-bond acceptors (Lipinski definition) is 3. The Morgan fingerprint density at radius 2 is 2.22 bits per heavy atom. The zero-order valence-electron chi connectivity index (χ0n) is 11.5. The Labute approximate surface area is 110 Å². The van der Waals surface area contributed by atoms with Crippen molar-refractivity contribution in [3.05, 3.63) is 23.9 Å². The Kier molecular flexibility index (Phi) is 5.00. The van der Waals surface area contributed by atoms with Crippen molar-refractivity contribution in [2.24, 2.45) is 5.92 Å². The van der Waals surface area contributed by atoms with Gasteiger partial charge in [0, 0.05) is 12.7 Å². The molecular formula is C15H24N2O. The number of aromatic nitrogens is 1. The van der Waals surface area contributed by atoms with E-state index in [-0.39, 0.29) is 0 Å². The molecule has 0 aromatic carbocycles. The van der Waals surface area contributed by atoms with Gasteiger partial charge in [0.25, 0.3) is 0 Å². The smallest absolute Gasteiger partial charge is 0.126 e. The van der Waals surface area contributed by atoms with Gasteiger partial charge in [0.15, 0.2) is 0 Å². The van der Waals surface area contributed by atoms with Crippen molar-refractivity contribution in [2.75, 3.05) is 11.9 Å². The second kappa shape index (κ2) is 6.74. The van der Waals surface area contributed by atoms with Crippen molar-refractivity contribution in [3.8, 4) is 0 Å². The van der Waals surface area contributed by atoms with E-state index in [4.69, 9.17) is 4.74 Å². The molecule has 2 unspecified atom stereocenters. The van der Waals surface area contributed by atoms with Gasteiger partial charge in [-0.1, -0.05) is 19.8 Å². The molecule has 0 spiro atoms. The highest BCUT2D eigenvalue weighted by Crippen LogP contribution is 2.27. The quantitative estimate of drug-likeness (QED) is 0.864. The van der Waals surface area contributed by atoms with Crippen LogP contribution >= 0.6 is 0 Å². The fourth-order valence-corrected chi connectivity index (χ4v) is 2.57. The van der Waals surface area contributed by atoms with E-state index in [9.17, 15) is 0 Å². The maximum atomic E-state index is 6.06. The Bertz CT molecular complexity index is 367. The van der Waals surface area contributed by atoms with Crippen LogP contribution < -0.4 is 5.32 Å². The van der Waals surface area contributed by atoms with Gasteiger partial charge in [-0.25, -0.2) is 4.98 Å². The summed E-state index contributed by atoms with van der Waals surface area (Å²) in [5, 5.41) is 3.23. The molecule has 1 heterocycles. The van der Waals surface area contributed by atoms with Crippen LogP contribution in [0.4, 0.5) is 5.82 Å². The molecule has 0 bridgehead atoms. The van der Waals surface area contributed by atoms with Crippen molar-refractivity contribution in [1.82, 2.24) is 4.98 Å². The molecule has 1 aliphatic carbocycles. The molecule has 3 heteroatoms. The zero-order valence-corrected chi connectivity index (χ0v) is 11.5. The van der Waals surface area contributed by atoms with E-state index in [0.717, 1.165) is 12.4 Å². The van der Waals surface area contributed by atoms with Crippen LogP contribution in [-0.4, -0.2) is 17.6 Å². The van der Waals surface area contributed by atoms with Gasteiger partial charge in [-0.15, -0.1) is 0 Å². The second-order valence-electron chi connectivity index (χ2n) is 5.19. The van der Waals surface area contributed by atoms with Gasteiger partial charge >= 0.3 is 0 Å². The van der Waals surface area contributed by atoms with Crippen LogP contribution in [-0.2, 0) is 11.3 Å². The summed E-state index contributed by atoms with van der Waals surface area (Å²) in [5.74, 6) is 1.64. The van der Waals surface area contributed by atoms with Crippen molar-refractivity contribution < 1.29 is 4.74 Å². The predicted molar refractivity (Wildman–Crippen MR) is 74.6 cm³/mol. The van der Waals surface area contributed by atoms with Crippen LogP contribution in [0.1, 0.15) is 45.1 Å². The van der Waals surface area contributed by atoms with Crippen LogP contribution in [0, 0.1) is 5.92 Å². The summed E-state index contributed by atoms with van der Waals surface area (Å²) in [6.45, 7) is 5.99. The molecule has 2 rings (SSSR count). The Hall–Kier alpha value is -1.09. The second-order valence-corrected chi connectivity index (χ2v) is 5.19. The van der Waals surface area contributed by atoms with Crippen molar-refractivity contribution in [2.45, 2.75) is 52.2 Å². The minimum atomic E-state index is 0.439. The van der Waals surface area contributed by atoms with E-state index < -0.39 is 0 Å². The van der Waals surface area contributed by atoms with E-state index in [1.165, 1.54) is 31.2 Å². The van der Waals surface area contributed by atoms with Gasteiger partial charge in [0.2, 0.25) is 0 Å². The molecule has 3 nitrogen and oxygen atoms in total. The predicted octanol–water partition coefficient (Wildman–Crippen LogP) is 3.61. The van der Waals surface area contributed by atoms with E-state index in [0.29, 0.717) is 18.6 Å². The first-order valence-corrected chi connectivity index (χ1v) is 7.10. The van der Waals surface area contributed by atoms with Crippen molar-refractivity contribution in [3.63, 3.8) is 0 Å². The van der Waals surface area contributed by atoms with Crippen LogP contribution in [0.15, 0.2) is 18.3 Å². The molecule has 0 saturated heterocycles. The summed E-state index contributed by atoms with van der Waals surface area (Å²) in [6, 6.07) is 4.12. The van der Waals surface area contributed by atoms with Crippen LogP contribution in [0.3, 0.4) is 0 Å². The summed E-state index contributed by atoms with van der Waals surface area (Å²) in [5.41, 5.74) is 1.21. The third kappa shape index (κ3) is 3.70. The minimum absolute atomic E-state index is 0.439. The Morgan fingerprint density at radius 3 is 3.00 bits per heavy atom. The third-order valence-corrected chi connectivity index (χ3v) is 3.68. The first-order valence-electron chi connectivity index (χ1n) is 7.10. The van der Waals surface area contributed by atoms with E-state index in [2.05, 4.69) is 30.2 Å². The number of rotatable bonds is 5. The number of pyridine rings is 1. The summed E-state index contributed by atoms with van der Waals surface area (Å²) in [6.07, 6.45) is 7.49. The summed E-state index contributed by atoms with van der Waals surface area (Å²) in [7, 11) is 0. The summed E-state index contributed by atoms with van der Waals surface area (Å²) in [4.78, 5) is 4.27. The van der Waals surface area contributed by atoms with E-state index in [1.54, 1.807) is 0 Å². The van der Waals surface area contributed by atoms with Crippen molar-refractivity contribution in [1.29, 1.82) is 0 Å². The highest BCUT2D eigenvalue weighted by molar-refractivity contribution is 5.36. The molecule has 1 N–H and O–H groups in total. The molecular weight excluding hydrogens is 224 g/mol. The molecule has 1 saturated carbocycles. The Balaban J connectivity index is 1.87.